The summed E-state index contributed by atoms with van der Waals surface area (Å²) in [5.41, 5.74) is -18.1. The second-order valence-electron chi connectivity index (χ2n) is 16.9. The van der Waals surface area contributed by atoms with E-state index in [-0.39, 0.29) is 11.0 Å². The van der Waals surface area contributed by atoms with E-state index in [0.29, 0.717) is 0 Å². The van der Waals surface area contributed by atoms with Crippen LogP contribution in [0.5, 0.6) is 0 Å². The molecule has 4 N–H and O–H groups in total. The molecule has 0 radical (unpaired) electrons. The molecule has 394 valence electrons. The number of aromatic amines is 4. The standard InChI is InChI=1S/C52H16F20N6/c53-33-29(34(54)42(62)49(69)41(33)61)25-17-5-1-13(73-17)14-2-6-18(74-14)26(30-35(55)43(63)50(70)44(64)36(30)56)22-11-12-24(78-22)28(32-39(59)47(67)52(72)48(68)40(32)60)20-8-4-16(76-20)15-3-7-19(75-15)27(23-10-9-21(25)77-23)31-37(57)45(65)51(71)46(66)38(31)58/h1-12,73,76-78H. The van der Waals surface area contributed by atoms with Crippen LogP contribution < -0.4 is 0 Å². The third-order valence-electron chi connectivity index (χ3n) is 12.5. The van der Waals surface area contributed by atoms with Crippen molar-refractivity contribution in [3.8, 4) is 44.5 Å². The Hall–Kier alpha value is -9.36. The van der Waals surface area contributed by atoms with Crippen LogP contribution in [0.1, 0.15) is 22.8 Å². The van der Waals surface area contributed by atoms with E-state index in [1.54, 1.807) is 0 Å². The Kier molecular flexibility index (Phi) is 11.8. The molecule has 7 heterocycles. The van der Waals surface area contributed by atoms with Crippen molar-refractivity contribution in [3.63, 3.8) is 0 Å². The Morgan fingerprint density at radius 2 is 0.346 bits per heavy atom. The van der Waals surface area contributed by atoms with Crippen molar-refractivity contribution in [2.24, 2.45) is 0 Å². The van der Waals surface area contributed by atoms with Crippen LogP contribution in [0.15, 0.2) is 48.5 Å². The maximum absolute atomic E-state index is 15.9. The smallest absolute Gasteiger partial charge is 0.200 e. The first-order valence-corrected chi connectivity index (χ1v) is 21.6. The molecule has 0 spiro atoms. The molecule has 26 heteroatoms. The van der Waals surface area contributed by atoms with Gasteiger partial charge in [-0.3, -0.25) is 0 Å². The molecule has 5 aromatic heterocycles. The molecular weight excluding hydrogens is 1090 g/mol. The Morgan fingerprint density at radius 3 is 0.590 bits per heavy atom. The topological polar surface area (TPSA) is 88.9 Å². The Morgan fingerprint density at radius 1 is 0.179 bits per heavy atom. The quantitative estimate of drug-likeness (QED) is 0.0804. The molecule has 11 rings (SSSR count). The van der Waals surface area contributed by atoms with Crippen molar-refractivity contribution in [3.05, 3.63) is 188 Å². The fourth-order valence-electron chi connectivity index (χ4n) is 8.98. The van der Waals surface area contributed by atoms with Gasteiger partial charge in [0.1, 0.15) is 0 Å². The number of nitrogens with zero attached hydrogens (tertiary/aromatic N) is 2. The van der Waals surface area contributed by atoms with Crippen LogP contribution in [0, 0.1) is 116 Å². The third kappa shape index (κ3) is 7.43. The van der Waals surface area contributed by atoms with Gasteiger partial charge < -0.3 is 19.9 Å². The predicted octanol–water partition coefficient (Wildman–Crippen LogP) is 16.2. The van der Waals surface area contributed by atoms with Crippen molar-refractivity contribution in [2.75, 3.05) is 0 Å². The minimum absolute atomic E-state index is 0.345. The third-order valence-corrected chi connectivity index (χ3v) is 12.5. The Balaban J connectivity index is 1.37. The molecule has 9 aromatic rings. The van der Waals surface area contributed by atoms with E-state index < -0.39 is 217 Å². The summed E-state index contributed by atoms with van der Waals surface area (Å²) in [6, 6.07) is 7.05. The van der Waals surface area contributed by atoms with Gasteiger partial charge in [0.2, 0.25) is 23.3 Å². The molecule has 2 aliphatic heterocycles. The zero-order valence-electron chi connectivity index (χ0n) is 37.4. The summed E-state index contributed by atoms with van der Waals surface area (Å²) in [4.78, 5) is 18.4. The van der Waals surface area contributed by atoms with Crippen molar-refractivity contribution in [2.45, 2.75) is 0 Å². The summed E-state index contributed by atoms with van der Waals surface area (Å²) in [6.07, 6.45) is 3.74. The van der Waals surface area contributed by atoms with Crippen LogP contribution in [0.3, 0.4) is 0 Å². The predicted molar refractivity (Wildman–Crippen MR) is 241 cm³/mol. The van der Waals surface area contributed by atoms with Gasteiger partial charge in [0.05, 0.1) is 56.1 Å². The number of H-pyrrole nitrogens is 4. The van der Waals surface area contributed by atoms with Gasteiger partial charge in [-0.25, -0.2) is 97.8 Å². The van der Waals surface area contributed by atoms with E-state index in [0.717, 1.165) is 72.8 Å². The molecule has 6 nitrogen and oxygen atoms in total. The molecule has 0 saturated heterocycles. The largest absolute Gasteiger partial charge is 0.354 e. The van der Waals surface area contributed by atoms with Crippen LogP contribution in [0.2, 0.25) is 0 Å². The van der Waals surface area contributed by atoms with Crippen LogP contribution in [0.25, 0.3) is 113 Å². The highest BCUT2D eigenvalue weighted by atomic mass is 19.2. The highest BCUT2D eigenvalue weighted by molar-refractivity contribution is 6.01. The van der Waals surface area contributed by atoms with Crippen molar-refractivity contribution >= 4 is 68.4 Å². The molecule has 0 unspecified atom stereocenters. The molecule has 4 aromatic carbocycles. The van der Waals surface area contributed by atoms with Gasteiger partial charge >= 0.3 is 0 Å². The average molecular weight is 1100 g/mol. The maximum Gasteiger partial charge on any atom is 0.200 e. The molecule has 78 heavy (non-hydrogen) atoms. The SMILES string of the molecule is Fc1c(F)c(F)c(-c2c3nc(c4ccc([nH]4)c(-c4c(F)c(F)c(F)c(F)c4F)c4ccc([nH]4)c(-c4c(F)c(F)c(F)c(F)c4F)c4nc(c5ccc([nH]5)c(-c5c(F)c(F)c(F)c(F)c5F)c5ccc2[nH]5)C=C4)C=C3)c(F)c1F. The number of rotatable bonds is 4. The lowest BCUT2D eigenvalue weighted by molar-refractivity contribution is 0.381. The van der Waals surface area contributed by atoms with E-state index >= 15 is 70.2 Å². The van der Waals surface area contributed by atoms with Gasteiger partial charge in [-0.1, -0.05) is 0 Å². The lowest BCUT2D eigenvalue weighted by Crippen LogP contribution is -2.05. The minimum atomic E-state index is -2.63. The minimum Gasteiger partial charge on any atom is -0.354 e. The van der Waals surface area contributed by atoms with Crippen LogP contribution >= 0.6 is 0 Å². The fourth-order valence-corrected chi connectivity index (χ4v) is 8.98. The summed E-state index contributed by atoms with van der Waals surface area (Å²) in [7, 11) is 0. The molecule has 12 bridgehead atoms. The zero-order valence-corrected chi connectivity index (χ0v) is 37.4. The first-order valence-electron chi connectivity index (χ1n) is 21.6. The molecular formula is C52H16F20N6. The maximum atomic E-state index is 15.9. The average Bonchev–Trinajstić information content (AvgIpc) is 4.32. The number of hydrogen-bond donors (Lipinski definition) is 4. The monoisotopic (exact) mass is 1100 g/mol. The number of benzene rings is 4. The second kappa shape index (κ2) is 18.2. The van der Waals surface area contributed by atoms with E-state index in [2.05, 4.69) is 29.9 Å². The summed E-state index contributed by atoms with van der Waals surface area (Å²) >= 11 is 0. The highest BCUT2D eigenvalue weighted by Crippen LogP contribution is 2.43. The fraction of sp³-hybridized carbons (Fsp3) is 0. The summed E-state index contributed by atoms with van der Waals surface area (Å²) in [5, 5.41) is 0. The number of fused-ring (bicyclic) bond motifs is 14. The number of hydrogen-bond acceptors (Lipinski definition) is 2. The zero-order chi connectivity index (χ0) is 55.8. The lowest BCUT2D eigenvalue weighted by Gasteiger charge is -2.10. The van der Waals surface area contributed by atoms with Gasteiger partial charge in [-0.2, -0.15) is 0 Å². The van der Waals surface area contributed by atoms with Crippen LogP contribution in [-0.4, -0.2) is 29.9 Å². The number of nitrogens with one attached hydrogen (secondary N) is 4. The first kappa shape index (κ1) is 50.8. The van der Waals surface area contributed by atoms with Gasteiger partial charge in [-0.15, -0.1) is 0 Å². The van der Waals surface area contributed by atoms with E-state index in [1.807, 2.05) is 0 Å². The summed E-state index contributed by atoms with van der Waals surface area (Å²) in [6.45, 7) is 0. The molecule has 0 aliphatic carbocycles. The van der Waals surface area contributed by atoms with E-state index in [1.165, 1.54) is 0 Å². The molecule has 0 atom stereocenters. The van der Waals surface area contributed by atoms with Crippen molar-refractivity contribution < 1.29 is 87.8 Å². The number of aromatic nitrogens is 6. The number of halogens is 20. The Labute approximate surface area is 417 Å². The van der Waals surface area contributed by atoms with E-state index in [9.17, 15) is 17.6 Å². The molecule has 0 saturated carbocycles. The Bertz CT molecular complexity index is 4130. The van der Waals surface area contributed by atoms with Crippen molar-refractivity contribution in [1.29, 1.82) is 0 Å². The van der Waals surface area contributed by atoms with Crippen LogP contribution in [-0.2, 0) is 0 Å². The van der Waals surface area contributed by atoms with Crippen LogP contribution in [0.4, 0.5) is 87.8 Å². The normalized spacial score (nSPS) is 12.3. The first-order chi connectivity index (χ1) is 37.0. The molecule has 0 fully saturated rings. The van der Waals surface area contributed by atoms with E-state index in [4.69, 9.17) is 0 Å². The summed E-state index contributed by atoms with van der Waals surface area (Å²) in [5.74, 6) is -50.4. The second-order valence-corrected chi connectivity index (χ2v) is 16.9. The van der Waals surface area contributed by atoms with Gasteiger partial charge in [0.25, 0.3) is 0 Å². The molecule has 0 amide bonds. The summed E-state index contributed by atoms with van der Waals surface area (Å²) < 4.78 is 306. The highest BCUT2D eigenvalue weighted by Gasteiger charge is 2.34. The van der Waals surface area contributed by atoms with Gasteiger partial charge in [0.15, 0.2) is 93.1 Å². The van der Waals surface area contributed by atoms with Gasteiger partial charge in [0, 0.05) is 55.4 Å². The molecule has 2 aliphatic rings. The van der Waals surface area contributed by atoms with Crippen molar-refractivity contribution in [1.82, 2.24) is 29.9 Å². The lowest BCUT2D eigenvalue weighted by atomic mass is 10.0. The van der Waals surface area contributed by atoms with Gasteiger partial charge in [-0.05, 0) is 72.8 Å².